The van der Waals surface area contributed by atoms with Crippen molar-refractivity contribution in [3.05, 3.63) is 34.9 Å². The Labute approximate surface area is 122 Å². The molecule has 0 amide bonds. The van der Waals surface area contributed by atoms with E-state index in [0.717, 1.165) is 38.1 Å². The first-order valence-corrected chi connectivity index (χ1v) is 7.53. The van der Waals surface area contributed by atoms with Crippen LogP contribution in [0.25, 0.3) is 0 Å². The molecule has 0 spiro atoms. The molecule has 0 N–H and O–H groups in total. The minimum absolute atomic E-state index is 0.217. The monoisotopic (exact) mass is 272 g/mol. The zero-order valence-corrected chi connectivity index (χ0v) is 12.6. The Balaban J connectivity index is 2.03. The zero-order valence-electron chi connectivity index (χ0n) is 12.6. The van der Waals surface area contributed by atoms with E-state index in [1.165, 1.54) is 17.5 Å². The molecule has 0 aliphatic carbocycles. The Morgan fingerprint density at radius 1 is 1.40 bits per heavy atom. The Morgan fingerprint density at radius 2 is 2.25 bits per heavy atom. The van der Waals surface area contributed by atoms with Crippen LogP contribution in [-0.2, 0) is 17.6 Å². The van der Waals surface area contributed by atoms with Crippen molar-refractivity contribution in [3.63, 3.8) is 0 Å². The third-order valence-corrected chi connectivity index (χ3v) is 3.91. The summed E-state index contributed by atoms with van der Waals surface area (Å²) in [4.78, 5) is 2.36. The lowest BCUT2D eigenvalue weighted by Gasteiger charge is -2.28. The molecular weight excluding hydrogens is 248 g/mol. The molecule has 1 aliphatic rings. The molecule has 1 atom stereocenters. The van der Waals surface area contributed by atoms with E-state index in [-0.39, 0.29) is 6.10 Å². The first kappa shape index (κ1) is 15.0. The van der Waals surface area contributed by atoms with Gasteiger partial charge in [-0.1, -0.05) is 25.1 Å². The molecule has 0 saturated heterocycles. The highest BCUT2D eigenvalue weighted by Gasteiger charge is 2.21. The van der Waals surface area contributed by atoms with Gasteiger partial charge in [-0.3, -0.25) is 0 Å². The van der Waals surface area contributed by atoms with Crippen LogP contribution in [0, 0.1) is 11.3 Å². The molecule has 0 fully saturated rings. The van der Waals surface area contributed by atoms with Crippen molar-refractivity contribution in [2.24, 2.45) is 0 Å². The molecule has 0 bridgehead atoms. The van der Waals surface area contributed by atoms with Crippen LogP contribution in [0.3, 0.4) is 0 Å². The van der Waals surface area contributed by atoms with Gasteiger partial charge < -0.3 is 9.64 Å². The second-order valence-corrected chi connectivity index (χ2v) is 5.57. The van der Waals surface area contributed by atoms with E-state index in [4.69, 9.17) is 10.00 Å². The number of rotatable bonds is 6. The molecule has 0 radical (unpaired) electrons. The summed E-state index contributed by atoms with van der Waals surface area (Å²) in [5, 5.41) is 8.79. The molecule has 3 nitrogen and oxygen atoms in total. The number of ether oxygens (including phenoxy) is 1. The van der Waals surface area contributed by atoms with Crippen LogP contribution < -0.4 is 0 Å². The average Bonchev–Trinajstić information content (AvgIpc) is 2.45. The highest BCUT2D eigenvalue weighted by atomic mass is 16.5. The van der Waals surface area contributed by atoms with Gasteiger partial charge in [0.2, 0.25) is 0 Å². The highest BCUT2D eigenvalue weighted by molar-refractivity contribution is 5.36. The number of hydrogen-bond donors (Lipinski definition) is 0. The number of nitriles is 1. The topological polar surface area (TPSA) is 36.3 Å². The fourth-order valence-corrected chi connectivity index (χ4v) is 2.86. The third kappa shape index (κ3) is 3.82. The quantitative estimate of drug-likeness (QED) is 0.798. The Morgan fingerprint density at radius 3 is 3.00 bits per heavy atom. The molecule has 0 saturated carbocycles. The molecule has 1 aromatic carbocycles. The van der Waals surface area contributed by atoms with E-state index in [9.17, 15) is 0 Å². The van der Waals surface area contributed by atoms with Gasteiger partial charge in [0.25, 0.3) is 0 Å². The van der Waals surface area contributed by atoms with Gasteiger partial charge in [0.15, 0.2) is 0 Å². The van der Waals surface area contributed by atoms with E-state index in [1.807, 2.05) is 0 Å². The summed E-state index contributed by atoms with van der Waals surface area (Å²) in [6, 6.07) is 8.63. The highest BCUT2D eigenvalue weighted by Crippen LogP contribution is 2.30. The van der Waals surface area contributed by atoms with Crippen molar-refractivity contribution in [1.82, 2.24) is 4.90 Å². The number of fused-ring (bicyclic) bond motifs is 1. The predicted octanol–water partition coefficient (Wildman–Crippen LogP) is 3.10. The molecular formula is C17H24N2O. The normalized spacial score (nSPS) is 17.8. The summed E-state index contributed by atoms with van der Waals surface area (Å²) >= 11 is 0. The molecule has 1 aliphatic heterocycles. The molecule has 1 heterocycles. The summed E-state index contributed by atoms with van der Waals surface area (Å²) in [6.45, 7) is 5.21. The number of benzene rings is 1. The summed E-state index contributed by atoms with van der Waals surface area (Å²) in [5.74, 6) is 0. The van der Waals surface area contributed by atoms with Crippen LogP contribution in [0.2, 0.25) is 0 Å². The summed E-state index contributed by atoms with van der Waals surface area (Å²) < 4.78 is 5.94. The van der Waals surface area contributed by atoms with E-state index >= 15 is 0 Å². The van der Waals surface area contributed by atoms with Crippen molar-refractivity contribution >= 4 is 0 Å². The van der Waals surface area contributed by atoms with Crippen molar-refractivity contribution in [1.29, 1.82) is 5.26 Å². The summed E-state index contributed by atoms with van der Waals surface area (Å²) in [6.07, 6.45) is 3.92. The molecule has 3 heteroatoms. The van der Waals surface area contributed by atoms with Crippen molar-refractivity contribution < 1.29 is 4.74 Å². The van der Waals surface area contributed by atoms with Crippen molar-refractivity contribution in [3.8, 4) is 6.07 Å². The van der Waals surface area contributed by atoms with Crippen LogP contribution in [0.1, 0.15) is 42.6 Å². The SMILES string of the molecule is CCCN(C)CCC1OCCc2cc(CC#N)ccc21. The second kappa shape index (κ2) is 7.42. The van der Waals surface area contributed by atoms with Crippen LogP contribution >= 0.6 is 0 Å². The second-order valence-electron chi connectivity index (χ2n) is 5.57. The Bertz CT molecular complexity index is 478. The lowest BCUT2D eigenvalue weighted by Crippen LogP contribution is -2.25. The van der Waals surface area contributed by atoms with E-state index in [0.29, 0.717) is 6.42 Å². The van der Waals surface area contributed by atoms with Crippen LogP contribution in [0.4, 0.5) is 0 Å². The van der Waals surface area contributed by atoms with E-state index in [2.05, 4.69) is 43.1 Å². The van der Waals surface area contributed by atoms with E-state index in [1.54, 1.807) is 0 Å². The van der Waals surface area contributed by atoms with Crippen LogP contribution in [-0.4, -0.2) is 31.6 Å². The maximum absolute atomic E-state index is 8.79. The third-order valence-electron chi connectivity index (χ3n) is 3.91. The maximum atomic E-state index is 8.79. The molecule has 2 rings (SSSR count). The van der Waals surface area contributed by atoms with Crippen LogP contribution in [0.15, 0.2) is 18.2 Å². The first-order valence-electron chi connectivity index (χ1n) is 7.53. The minimum atomic E-state index is 0.217. The van der Waals surface area contributed by atoms with Gasteiger partial charge in [0, 0.05) is 6.54 Å². The maximum Gasteiger partial charge on any atom is 0.0839 e. The predicted molar refractivity (Wildman–Crippen MR) is 80.6 cm³/mol. The average molecular weight is 272 g/mol. The van der Waals surface area contributed by atoms with Gasteiger partial charge >= 0.3 is 0 Å². The lowest BCUT2D eigenvalue weighted by atomic mass is 9.93. The van der Waals surface area contributed by atoms with Gasteiger partial charge in [-0.15, -0.1) is 0 Å². The Kier molecular flexibility index (Phi) is 5.58. The standard InChI is InChI=1S/C17H24N2O/c1-3-10-19(2)11-7-17-16-5-4-14(6-9-18)13-15(16)8-12-20-17/h4-5,13,17H,3,6-8,10-12H2,1-2H3. The van der Waals surface area contributed by atoms with Gasteiger partial charge in [-0.2, -0.15) is 5.26 Å². The number of nitrogens with zero attached hydrogens (tertiary/aromatic N) is 2. The molecule has 1 aromatic rings. The molecule has 20 heavy (non-hydrogen) atoms. The lowest BCUT2D eigenvalue weighted by molar-refractivity contribution is 0.0309. The smallest absolute Gasteiger partial charge is 0.0839 e. The van der Waals surface area contributed by atoms with Gasteiger partial charge in [0.05, 0.1) is 25.2 Å². The first-order chi connectivity index (χ1) is 9.74. The molecule has 1 unspecified atom stereocenters. The summed E-state index contributed by atoms with van der Waals surface area (Å²) in [7, 11) is 2.17. The van der Waals surface area contributed by atoms with Crippen molar-refractivity contribution in [2.75, 3.05) is 26.7 Å². The van der Waals surface area contributed by atoms with Gasteiger partial charge in [0.1, 0.15) is 0 Å². The van der Waals surface area contributed by atoms with Crippen molar-refractivity contribution in [2.45, 2.75) is 38.7 Å². The zero-order chi connectivity index (χ0) is 14.4. The van der Waals surface area contributed by atoms with Gasteiger partial charge in [-0.05, 0) is 49.5 Å². The fraction of sp³-hybridized carbons (Fsp3) is 0.588. The largest absolute Gasteiger partial charge is 0.373 e. The number of hydrogen-bond acceptors (Lipinski definition) is 3. The van der Waals surface area contributed by atoms with Crippen LogP contribution in [0.5, 0.6) is 0 Å². The molecule has 0 aromatic heterocycles. The molecule has 108 valence electrons. The fourth-order valence-electron chi connectivity index (χ4n) is 2.86. The minimum Gasteiger partial charge on any atom is -0.373 e. The Hall–Kier alpha value is -1.37. The van der Waals surface area contributed by atoms with Gasteiger partial charge in [-0.25, -0.2) is 0 Å². The van der Waals surface area contributed by atoms with E-state index < -0.39 is 0 Å². The summed E-state index contributed by atoms with van der Waals surface area (Å²) in [5.41, 5.74) is 3.81.